The van der Waals surface area contributed by atoms with Crippen molar-refractivity contribution in [2.45, 2.75) is 236 Å². The molecule has 0 aromatic carbocycles. The fraction of sp³-hybridized carbons (Fsp3) is 0.836. The molecule has 516 valence electrons. The van der Waals surface area contributed by atoms with Crippen molar-refractivity contribution in [3.8, 4) is 0 Å². The Balaban J connectivity index is 2.99. The SMILES string of the molecule is CC[C@H]1CC(=O)[C@@H]([C@H](O)[C@H](C)CCN2CCC(F)(F)C2)N(C)C(=O)[C@@H](C(C)C)N(C)C(=O)[C@@H](CC(C)C)N(C)C(=O)C(C(C)C)N(C)C(=O)[C@H](C)NC(=O)[C@@H](C)CC(=O)[C@@H](CC(C)C)N(C)C(=O)[C@@H](C(C)C)CC(=O)[C@H](CC(C)C)N(C)C(=O)[C@@H](C)N(C)C1=O. The Morgan fingerprint density at radius 3 is 1.38 bits per heavy atom. The van der Waals surface area contributed by atoms with Crippen LogP contribution in [-0.2, 0) is 52.7 Å². The molecular formula is C67H117F2N9O12. The molecule has 2 aliphatic heterocycles. The van der Waals surface area contributed by atoms with Crippen LogP contribution in [0.15, 0.2) is 0 Å². The third kappa shape index (κ3) is 21.3. The van der Waals surface area contributed by atoms with Gasteiger partial charge in [0.15, 0.2) is 17.3 Å². The molecule has 21 nitrogen and oxygen atoms in total. The number of rotatable bonds is 15. The first kappa shape index (κ1) is 80.6. The molecule has 2 rings (SSSR count). The minimum Gasteiger partial charge on any atom is -0.390 e. The number of nitrogens with zero attached hydrogens (tertiary/aromatic N) is 8. The number of Topliss-reactive ketones (excluding diaryl/α,β-unsaturated/α-hetero) is 3. The summed E-state index contributed by atoms with van der Waals surface area (Å²) in [7, 11) is 10.0. The molecule has 2 aliphatic rings. The van der Waals surface area contributed by atoms with E-state index in [0.29, 0.717) is 0 Å². The zero-order valence-electron chi connectivity index (χ0n) is 59.2. The normalized spacial score (nSPS) is 28.8. The second-order valence-electron chi connectivity index (χ2n) is 28.8. The number of carbonyl (C=O) groups is 11. The molecule has 2 fully saturated rings. The number of aliphatic hydroxyl groups is 1. The highest BCUT2D eigenvalue weighted by Gasteiger charge is 2.47. The van der Waals surface area contributed by atoms with Gasteiger partial charge in [0.1, 0.15) is 36.3 Å². The number of likely N-dealkylation sites (N-methyl/N-ethyl adjacent to an activating group) is 7. The van der Waals surface area contributed by atoms with Gasteiger partial charge in [-0.1, -0.05) is 104 Å². The Morgan fingerprint density at radius 2 is 0.933 bits per heavy atom. The molecule has 0 aromatic rings. The molecule has 13 atom stereocenters. The van der Waals surface area contributed by atoms with Crippen molar-refractivity contribution < 1.29 is 66.6 Å². The van der Waals surface area contributed by atoms with E-state index in [2.05, 4.69) is 5.32 Å². The van der Waals surface area contributed by atoms with Crippen LogP contribution in [0.4, 0.5) is 8.78 Å². The van der Waals surface area contributed by atoms with Gasteiger partial charge < -0.3 is 44.7 Å². The lowest BCUT2D eigenvalue weighted by atomic mass is 9.84. The summed E-state index contributed by atoms with van der Waals surface area (Å²) in [6.45, 7) is 29.3. The molecule has 0 aromatic heterocycles. The Kier molecular flexibility index (Phi) is 31.4. The topological polar surface area (TPSA) is 246 Å². The highest BCUT2D eigenvalue weighted by Crippen LogP contribution is 2.31. The summed E-state index contributed by atoms with van der Waals surface area (Å²) in [5, 5.41) is 15.1. The van der Waals surface area contributed by atoms with E-state index in [-0.39, 0.29) is 82.2 Å². The maximum absolute atomic E-state index is 15.3. The van der Waals surface area contributed by atoms with Crippen LogP contribution in [0.5, 0.6) is 0 Å². The summed E-state index contributed by atoms with van der Waals surface area (Å²) >= 11 is 0. The van der Waals surface area contributed by atoms with Crippen LogP contribution in [0.25, 0.3) is 0 Å². The smallest absolute Gasteiger partial charge is 0.261 e. The average molecular weight is 1280 g/mol. The van der Waals surface area contributed by atoms with Crippen LogP contribution in [0.1, 0.15) is 175 Å². The number of aliphatic hydroxyl groups excluding tert-OH is 1. The summed E-state index contributed by atoms with van der Waals surface area (Å²) in [5.74, 6) is -15.1. The predicted octanol–water partition coefficient (Wildman–Crippen LogP) is 6.30. The number of likely N-dealkylation sites (tertiary alicyclic amines) is 1. The Morgan fingerprint density at radius 1 is 0.500 bits per heavy atom. The van der Waals surface area contributed by atoms with Gasteiger partial charge in [-0.3, -0.25) is 57.6 Å². The fourth-order valence-electron chi connectivity index (χ4n) is 12.8. The first-order chi connectivity index (χ1) is 41.4. The minimum atomic E-state index is -2.89. The average Bonchev–Trinajstić information content (AvgIpc) is 1.08. The molecule has 2 N–H and O–H groups in total. The predicted molar refractivity (Wildman–Crippen MR) is 343 cm³/mol. The molecule has 0 bridgehead atoms. The van der Waals surface area contributed by atoms with Gasteiger partial charge in [-0.25, -0.2) is 8.78 Å². The molecule has 0 radical (unpaired) electrons. The molecule has 0 spiro atoms. The van der Waals surface area contributed by atoms with Gasteiger partial charge in [0.25, 0.3) is 5.92 Å². The van der Waals surface area contributed by atoms with Gasteiger partial charge >= 0.3 is 0 Å². The van der Waals surface area contributed by atoms with E-state index in [1.54, 1.807) is 60.3 Å². The summed E-state index contributed by atoms with van der Waals surface area (Å²) in [6, 6.07) is -9.74. The van der Waals surface area contributed by atoms with Crippen molar-refractivity contribution in [2.75, 3.05) is 69.0 Å². The van der Waals surface area contributed by atoms with Gasteiger partial charge in [-0.15, -0.1) is 0 Å². The molecule has 2 saturated heterocycles. The standard InChI is InChI=1S/C67H117F2N9O12/c1-25-47-34-54(81)57(58(82)43(14)26-28-78-29-27-67(68,69)36-78)77(24)66(90)56(42(12)13)76(23)64(88)51(32-39(6)7)74(21)65(89)55(41(10)11)75(22)60(84)45(16)70-59(83)44(15)33-52(79)49(30-37(2)3)73(20)63(87)48(40(8)9)35-53(80)50(31-38(4)5)72(19)61(85)46(17)71(18)62(47)86/h37-51,55-58,82H,25-36H2,1-24H3,(H,70,83)/t43-,44+,45+,46-,47+,48-,49-,50+,51-,55?,56-,57+,58-/m1/s1. The molecule has 90 heavy (non-hydrogen) atoms. The second-order valence-corrected chi connectivity index (χ2v) is 28.8. The van der Waals surface area contributed by atoms with E-state index < -0.39 is 179 Å². The van der Waals surface area contributed by atoms with Crippen LogP contribution in [0.2, 0.25) is 0 Å². The molecule has 2 heterocycles. The van der Waals surface area contributed by atoms with Crippen molar-refractivity contribution in [1.82, 2.24) is 44.5 Å². The first-order valence-electron chi connectivity index (χ1n) is 32.9. The number of nitrogens with one attached hydrogen (secondary N) is 1. The Hall–Kier alpha value is -5.45. The molecule has 8 amide bonds. The monoisotopic (exact) mass is 1280 g/mol. The van der Waals surface area contributed by atoms with E-state index in [0.717, 1.165) is 4.90 Å². The fourth-order valence-corrected chi connectivity index (χ4v) is 12.8. The third-order valence-corrected chi connectivity index (χ3v) is 18.8. The van der Waals surface area contributed by atoms with Gasteiger partial charge in [0.05, 0.1) is 24.7 Å². The van der Waals surface area contributed by atoms with E-state index >= 15 is 14.4 Å². The number of carbonyl (C=O) groups excluding carboxylic acids is 11. The first-order valence-corrected chi connectivity index (χ1v) is 32.9. The zero-order chi connectivity index (χ0) is 69.6. The van der Waals surface area contributed by atoms with Crippen molar-refractivity contribution in [2.24, 2.45) is 59.2 Å². The molecule has 0 saturated carbocycles. The van der Waals surface area contributed by atoms with Crippen LogP contribution in [-0.4, -0.2) is 238 Å². The van der Waals surface area contributed by atoms with Crippen LogP contribution in [0, 0.1) is 59.2 Å². The minimum absolute atomic E-state index is 0.0754. The van der Waals surface area contributed by atoms with Gasteiger partial charge in [-0.2, -0.15) is 0 Å². The second kappa shape index (κ2) is 35.0. The summed E-state index contributed by atoms with van der Waals surface area (Å²) in [5.41, 5.74) is 0. The maximum Gasteiger partial charge on any atom is 0.261 e. The number of ketones is 3. The van der Waals surface area contributed by atoms with E-state index in [1.165, 1.54) is 99.5 Å². The van der Waals surface area contributed by atoms with Crippen molar-refractivity contribution >= 4 is 64.6 Å². The lowest BCUT2D eigenvalue weighted by Gasteiger charge is -2.42. The van der Waals surface area contributed by atoms with E-state index in [4.69, 9.17) is 0 Å². The van der Waals surface area contributed by atoms with Crippen molar-refractivity contribution in [3.05, 3.63) is 0 Å². The number of hydrogen-bond acceptors (Lipinski definition) is 13. The summed E-state index contributed by atoms with van der Waals surface area (Å²) in [6.07, 6.45) is -2.27. The number of alkyl halides is 2. The molecule has 0 aliphatic carbocycles. The van der Waals surface area contributed by atoms with E-state index in [1.807, 2.05) is 41.5 Å². The van der Waals surface area contributed by atoms with Gasteiger partial charge in [-0.05, 0) is 93.9 Å². The quantitative estimate of drug-likeness (QED) is 0.183. The number of halogens is 2. The Labute approximate surface area is 537 Å². The van der Waals surface area contributed by atoms with Crippen molar-refractivity contribution in [1.29, 1.82) is 0 Å². The molecule has 23 heteroatoms. The molecule has 1 unspecified atom stereocenters. The van der Waals surface area contributed by atoms with Crippen LogP contribution < -0.4 is 5.32 Å². The number of hydrogen-bond donors (Lipinski definition) is 2. The zero-order valence-corrected chi connectivity index (χ0v) is 59.2. The third-order valence-electron chi connectivity index (χ3n) is 18.8. The number of amides is 8. The summed E-state index contributed by atoms with van der Waals surface area (Å²) in [4.78, 5) is 172. The lowest BCUT2D eigenvalue weighted by molar-refractivity contribution is -0.157. The highest BCUT2D eigenvalue weighted by molar-refractivity contribution is 6.00. The van der Waals surface area contributed by atoms with Crippen LogP contribution in [0.3, 0.4) is 0 Å². The highest BCUT2D eigenvalue weighted by atomic mass is 19.3. The summed E-state index contributed by atoms with van der Waals surface area (Å²) < 4.78 is 28.7. The largest absolute Gasteiger partial charge is 0.390 e. The maximum atomic E-state index is 15.3. The Bertz CT molecular complexity index is 2490. The van der Waals surface area contributed by atoms with E-state index in [9.17, 15) is 52.2 Å². The van der Waals surface area contributed by atoms with Gasteiger partial charge in [0, 0.05) is 99.3 Å². The van der Waals surface area contributed by atoms with Crippen LogP contribution >= 0.6 is 0 Å². The van der Waals surface area contributed by atoms with Gasteiger partial charge in [0.2, 0.25) is 47.3 Å². The van der Waals surface area contributed by atoms with Crippen molar-refractivity contribution in [3.63, 3.8) is 0 Å². The molecular weight excluding hydrogens is 1160 g/mol. The lowest BCUT2D eigenvalue weighted by Crippen LogP contribution is -2.62.